The Balaban J connectivity index is 1.51. The van der Waals surface area contributed by atoms with Gasteiger partial charge < -0.3 is 10.2 Å². The number of carbonyl (C=O) groups is 1. The summed E-state index contributed by atoms with van der Waals surface area (Å²) in [7, 11) is 2.08. The molecular weight excluding hydrogens is 526 g/mol. The average Bonchev–Trinajstić information content (AvgIpc) is 3.56. The molecule has 178 valence electrons. The maximum absolute atomic E-state index is 13.9. The van der Waals surface area contributed by atoms with Crippen molar-refractivity contribution < 1.29 is 4.79 Å². The lowest BCUT2D eigenvalue weighted by Gasteiger charge is -2.21. The Morgan fingerprint density at radius 2 is 2.20 bits per heavy atom. The number of hydrogen-bond donors (Lipinski definition) is 1. The standard InChI is InChI=1S/C22H18ClN7O2S3/c1-28-7-5-14-15(10-28)35-19-17(14)18(32)29(13-4-2-3-12(23)9-13)21-26-27-22(30(19)21)34-11-16(31)25-20-24-6-8-33-20/h2-4,6,8-9H,5,7,10-11H2,1H3,(H,24,25,31). The number of hydrogen-bond acceptors (Lipinski definition) is 9. The highest BCUT2D eigenvalue weighted by molar-refractivity contribution is 7.99. The minimum absolute atomic E-state index is 0.131. The van der Waals surface area contributed by atoms with E-state index >= 15 is 0 Å². The number of nitrogens with zero attached hydrogens (tertiary/aromatic N) is 6. The largest absolute Gasteiger partial charge is 0.301 e. The minimum atomic E-state index is -0.187. The maximum atomic E-state index is 13.9. The van der Waals surface area contributed by atoms with E-state index in [2.05, 4.69) is 32.4 Å². The van der Waals surface area contributed by atoms with Gasteiger partial charge >= 0.3 is 0 Å². The fourth-order valence-electron chi connectivity index (χ4n) is 4.19. The zero-order valence-corrected chi connectivity index (χ0v) is 21.6. The van der Waals surface area contributed by atoms with Crippen molar-refractivity contribution in [3.63, 3.8) is 0 Å². The second kappa shape index (κ2) is 9.03. The molecule has 1 aliphatic heterocycles. The molecule has 0 fully saturated rings. The number of amides is 1. The zero-order chi connectivity index (χ0) is 24.1. The third-order valence-electron chi connectivity index (χ3n) is 5.74. The molecule has 5 heterocycles. The SMILES string of the molecule is CN1CCc2c(sc3c2c(=O)n(-c2cccc(Cl)c2)c2nnc(SCC(=O)Nc4nccs4)n32)C1. The summed E-state index contributed by atoms with van der Waals surface area (Å²) in [5, 5.41) is 15.6. The van der Waals surface area contributed by atoms with Crippen LogP contribution in [-0.2, 0) is 17.8 Å². The van der Waals surface area contributed by atoms with Crippen molar-refractivity contribution in [2.45, 2.75) is 18.1 Å². The molecule has 6 rings (SSSR count). The minimum Gasteiger partial charge on any atom is -0.301 e. The van der Waals surface area contributed by atoms with Crippen LogP contribution in [0, 0.1) is 0 Å². The molecule has 0 spiro atoms. The molecular formula is C22H18ClN7O2S3. The number of aromatic nitrogens is 5. The maximum Gasteiger partial charge on any atom is 0.268 e. The Morgan fingerprint density at radius 1 is 1.31 bits per heavy atom. The molecule has 0 radical (unpaired) electrons. The Morgan fingerprint density at radius 3 is 3.00 bits per heavy atom. The van der Waals surface area contributed by atoms with Crippen molar-refractivity contribution in [1.82, 2.24) is 29.0 Å². The van der Waals surface area contributed by atoms with E-state index in [1.807, 2.05) is 10.5 Å². The molecule has 35 heavy (non-hydrogen) atoms. The molecule has 0 unspecified atom stereocenters. The van der Waals surface area contributed by atoms with Gasteiger partial charge in [-0.25, -0.2) is 14.0 Å². The van der Waals surface area contributed by atoms with Gasteiger partial charge in [0, 0.05) is 34.6 Å². The third kappa shape index (κ3) is 4.04. The number of likely N-dealkylation sites (N-methyl/N-ethyl adjacent to an activating group) is 1. The molecule has 13 heteroatoms. The topological polar surface area (TPSA) is 97.4 Å². The van der Waals surface area contributed by atoms with Gasteiger partial charge in [0.25, 0.3) is 5.56 Å². The Labute approximate surface area is 216 Å². The van der Waals surface area contributed by atoms with Crippen LogP contribution in [0.1, 0.15) is 10.4 Å². The van der Waals surface area contributed by atoms with Gasteiger partial charge in [-0.15, -0.1) is 32.9 Å². The molecule has 0 atom stereocenters. The molecule has 1 aromatic carbocycles. The van der Waals surface area contributed by atoms with Crippen molar-refractivity contribution in [2.75, 3.05) is 24.7 Å². The van der Waals surface area contributed by atoms with Crippen LogP contribution >= 0.6 is 46.0 Å². The molecule has 9 nitrogen and oxygen atoms in total. The monoisotopic (exact) mass is 543 g/mol. The van der Waals surface area contributed by atoms with Crippen LogP contribution < -0.4 is 10.9 Å². The van der Waals surface area contributed by atoms with Crippen LogP contribution in [-0.4, -0.2) is 54.3 Å². The van der Waals surface area contributed by atoms with Crippen LogP contribution in [0.5, 0.6) is 0 Å². The highest BCUT2D eigenvalue weighted by Gasteiger charge is 2.27. The van der Waals surface area contributed by atoms with Crippen molar-refractivity contribution in [3.8, 4) is 5.69 Å². The van der Waals surface area contributed by atoms with E-state index in [-0.39, 0.29) is 17.2 Å². The van der Waals surface area contributed by atoms with Gasteiger partial charge in [-0.1, -0.05) is 29.4 Å². The summed E-state index contributed by atoms with van der Waals surface area (Å²) in [5.41, 5.74) is 1.56. The Bertz CT molecular complexity index is 1640. The number of benzene rings is 1. The lowest BCUT2D eigenvalue weighted by atomic mass is 10.1. The molecule has 0 aliphatic carbocycles. The highest BCUT2D eigenvalue weighted by atomic mass is 35.5. The van der Waals surface area contributed by atoms with Gasteiger partial charge in [0.2, 0.25) is 11.7 Å². The van der Waals surface area contributed by atoms with E-state index in [9.17, 15) is 9.59 Å². The van der Waals surface area contributed by atoms with E-state index < -0.39 is 0 Å². The van der Waals surface area contributed by atoms with Gasteiger partial charge in [-0.3, -0.25) is 9.59 Å². The van der Waals surface area contributed by atoms with Crippen molar-refractivity contribution in [2.24, 2.45) is 0 Å². The normalized spacial score (nSPS) is 14.0. The van der Waals surface area contributed by atoms with E-state index in [0.717, 1.165) is 29.9 Å². The first-order valence-corrected chi connectivity index (χ1v) is 13.8. The molecule has 1 aliphatic rings. The number of thiazole rings is 1. The van der Waals surface area contributed by atoms with Gasteiger partial charge in [0.05, 0.1) is 16.8 Å². The fourth-order valence-corrected chi connectivity index (χ4v) is 7.13. The summed E-state index contributed by atoms with van der Waals surface area (Å²) in [4.78, 5) is 34.7. The predicted octanol–water partition coefficient (Wildman–Crippen LogP) is 3.92. The number of carbonyl (C=O) groups excluding carboxylic acids is 1. The van der Waals surface area contributed by atoms with E-state index in [4.69, 9.17) is 11.6 Å². The third-order valence-corrected chi connectivity index (χ3v) is 8.80. The van der Waals surface area contributed by atoms with Crippen molar-refractivity contribution in [1.29, 1.82) is 0 Å². The predicted molar refractivity (Wildman–Crippen MR) is 140 cm³/mol. The number of rotatable bonds is 5. The summed E-state index contributed by atoms with van der Waals surface area (Å²) < 4.78 is 3.45. The summed E-state index contributed by atoms with van der Waals surface area (Å²) in [6.07, 6.45) is 2.43. The molecule has 1 amide bonds. The quantitative estimate of drug-likeness (QED) is 0.335. The number of anilines is 1. The molecule has 4 aromatic heterocycles. The average molecular weight is 544 g/mol. The first-order chi connectivity index (χ1) is 17.0. The van der Waals surface area contributed by atoms with Gasteiger partial charge in [-0.2, -0.15) is 0 Å². The lowest BCUT2D eigenvalue weighted by molar-refractivity contribution is -0.113. The number of thioether (sulfide) groups is 1. The first kappa shape index (κ1) is 22.7. The second-order valence-electron chi connectivity index (χ2n) is 8.08. The second-order valence-corrected chi connectivity index (χ2v) is 11.4. The lowest BCUT2D eigenvalue weighted by Crippen LogP contribution is -2.27. The van der Waals surface area contributed by atoms with Crippen LogP contribution in [0.15, 0.2) is 45.8 Å². The number of nitrogens with one attached hydrogen (secondary N) is 1. The fraction of sp³-hybridized carbons (Fsp3) is 0.227. The van der Waals surface area contributed by atoms with Crippen LogP contribution in [0.4, 0.5) is 5.13 Å². The smallest absolute Gasteiger partial charge is 0.268 e. The molecule has 0 bridgehead atoms. The number of fused-ring (bicyclic) bond motifs is 5. The van der Waals surface area contributed by atoms with Gasteiger partial charge in [0.15, 0.2) is 10.3 Å². The summed E-state index contributed by atoms with van der Waals surface area (Å²) in [5.74, 6) is 0.333. The first-order valence-electron chi connectivity index (χ1n) is 10.7. The van der Waals surface area contributed by atoms with Crippen LogP contribution in [0.25, 0.3) is 21.7 Å². The van der Waals surface area contributed by atoms with E-state index in [1.165, 1.54) is 28.0 Å². The van der Waals surface area contributed by atoms with Gasteiger partial charge in [0.1, 0.15) is 4.83 Å². The Hall–Kier alpha value is -2.77. The highest BCUT2D eigenvalue weighted by Crippen LogP contribution is 2.35. The van der Waals surface area contributed by atoms with Crippen molar-refractivity contribution in [3.05, 3.63) is 61.7 Å². The van der Waals surface area contributed by atoms with Crippen LogP contribution in [0.2, 0.25) is 5.02 Å². The number of thiophene rings is 1. The van der Waals surface area contributed by atoms with Gasteiger partial charge in [-0.05, 0) is 37.2 Å². The zero-order valence-electron chi connectivity index (χ0n) is 18.4. The molecule has 1 N–H and O–H groups in total. The van der Waals surface area contributed by atoms with Crippen LogP contribution in [0.3, 0.4) is 0 Å². The molecule has 0 saturated carbocycles. The van der Waals surface area contributed by atoms with Crippen molar-refractivity contribution >= 4 is 73.1 Å². The molecule has 0 saturated heterocycles. The Kier molecular flexibility index (Phi) is 5.85. The molecule has 5 aromatic rings. The summed E-state index contributed by atoms with van der Waals surface area (Å²) in [6.45, 7) is 1.67. The summed E-state index contributed by atoms with van der Waals surface area (Å²) >= 11 is 10.5. The summed E-state index contributed by atoms with van der Waals surface area (Å²) in [6, 6.07) is 7.14. The van der Waals surface area contributed by atoms with E-state index in [0.29, 0.717) is 32.2 Å². The number of halogens is 1. The van der Waals surface area contributed by atoms with E-state index in [1.54, 1.807) is 45.7 Å².